The van der Waals surface area contributed by atoms with Crippen LogP contribution in [0.3, 0.4) is 0 Å². The highest BCUT2D eigenvalue weighted by Gasteiger charge is 2.27. The van der Waals surface area contributed by atoms with Gasteiger partial charge in [-0.05, 0) is 6.42 Å². The van der Waals surface area contributed by atoms with Gasteiger partial charge in [0.15, 0.2) is 0 Å². The van der Waals surface area contributed by atoms with Crippen molar-refractivity contribution >= 4 is 5.91 Å². The third-order valence-corrected chi connectivity index (χ3v) is 2.36. The lowest BCUT2D eigenvalue weighted by molar-refractivity contribution is -0.123. The molecule has 15 heavy (non-hydrogen) atoms. The van der Waals surface area contributed by atoms with Gasteiger partial charge in [-0.2, -0.15) is 0 Å². The normalized spacial score (nSPS) is 25.4. The maximum Gasteiger partial charge on any atom is 0.237 e. The predicted octanol–water partition coefficient (Wildman–Crippen LogP) is -0.986. The standard InChI is InChI=1S/C9H13N3O3/c13-7-3-8(10-5-7)9(14)11-4-6-1-2-15-12-6/h1-2,7-8,10,13H,3-5H2,(H,11,14). The number of carbonyl (C=O) groups excluding carboxylic acids is 1. The van der Waals surface area contributed by atoms with Gasteiger partial charge in [0.05, 0.1) is 18.7 Å². The molecule has 2 atom stereocenters. The minimum absolute atomic E-state index is 0.116. The second-order valence-electron chi connectivity index (χ2n) is 3.56. The van der Waals surface area contributed by atoms with Gasteiger partial charge in [-0.1, -0.05) is 5.16 Å². The van der Waals surface area contributed by atoms with Gasteiger partial charge in [-0.25, -0.2) is 0 Å². The lowest BCUT2D eigenvalue weighted by Gasteiger charge is -2.09. The Labute approximate surface area is 86.6 Å². The van der Waals surface area contributed by atoms with Crippen LogP contribution in [0.1, 0.15) is 12.1 Å². The van der Waals surface area contributed by atoms with E-state index in [-0.39, 0.29) is 11.9 Å². The quantitative estimate of drug-likeness (QED) is 0.597. The molecule has 2 unspecified atom stereocenters. The summed E-state index contributed by atoms with van der Waals surface area (Å²) >= 11 is 0. The van der Waals surface area contributed by atoms with E-state index in [1.54, 1.807) is 6.07 Å². The second-order valence-corrected chi connectivity index (χ2v) is 3.56. The van der Waals surface area contributed by atoms with Crippen LogP contribution < -0.4 is 10.6 Å². The molecule has 2 rings (SSSR count). The van der Waals surface area contributed by atoms with Crippen LogP contribution in [0.25, 0.3) is 0 Å². The SMILES string of the molecule is O=C(NCc1ccon1)C1CC(O)CN1. The molecular weight excluding hydrogens is 198 g/mol. The number of nitrogens with one attached hydrogen (secondary N) is 2. The number of aliphatic hydroxyl groups is 1. The average Bonchev–Trinajstić information content (AvgIpc) is 2.84. The zero-order valence-corrected chi connectivity index (χ0v) is 8.14. The van der Waals surface area contributed by atoms with Crippen LogP contribution in [-0.4, -0.2) is 34.9 Å². The summed E-state index contributed by atoms with van der Waals surface area (Å²) in [4.78, 5) is 11.5. The van der Waals surface area contributed by atoms with Gasteiger partial charge in [-0.3, -0.25) is 4.79 Å². The molecule has 0 bridgehead atoms. The summed E-state index contributed by atoms with van der Waals surface area (Å²) in [5.74, 6) is -0.116. The van der Waals surface area contributed by atoms with E-state index in [9.17, 15) is 9.90 Å². The van der Waals surface area contributed by atoms with Crippen LogP contribution in [0, 0.1) is 0 Å². The first-order valence-corrected chi connectivity index (χ1v) is 4.84. The molecule has 0 aromatic carbocycles. The van der Waals surface area contributed by atoms with Gasteiger partial charge in [0.2, 0.25) is 5.91 Å². The van der Waals surface area contributed by atoms with Gasteiger partial charge in [0, 0.05) is 12.6 Å². The van der Waals surface area contributed by atoms with Crippen molar-refractivity contribution in [2.24, 2.45) is 0 Å². The van der Waals surface area contributed by atoms with E-state index in [4.69, 9.17) is 0 Å². The molecule has 0 saturated carbocycles. The van der Waals surface area contributed by atoms with Crippen LogP contribution in [-0.2, 0) is 11.3 Å². The van der Waals surface area contributed by atoms with Crippen LogP contribution >= 0.6 is 0 Å². The van der Waals surface area contributed by atoms with E-state index in [1.165, 1.54) is 6.26 Å². The third kappa shape index (κ3) is 2.54. The number of β-amino-alcohol motifs (C(OH)–C–C–N with tert-alkyl or cyclic N) is 1. The van der Waals surface area contributed by atoms with Crippen molar-refractivity contribution in [2.75, 3.05) is 6.54 Å². The highest BCUT2D eigenvalue weighted by atomic mass is 16.5. The van der Waals surface area contributed by atoms with Gasteiger partial charge in [0.25, 0.3) is 0 Å². The fourth-order valence-electron chi connectivity index (χ4n) is 1.55. The minimum Gasteiger partial charge on any atom is -0.392 e. The molecule has 1 aliphatic heterocycles. The van der Waals surface area contributed by atoms with E-state index in [1.807, 2.05) is 0 Å². The number of aliphatic hydroxyl groups excluding tert-OH is 1. The van der Waals surface area contributed by atoms with Crippen LogP contribution in [0.15, 0.2) is 16.9 Å². The maximum absolute atomic E-state index is 11.5. The Morgan fingerprint density at radius 3 is 3.27 bits per heavy atom. The first-order chi connectivity index (χ1) is 7.25. The average molecular weight is 211 g/mol. The summed E-state index contributed by atoms with van der Waals surface area (Å²) in [6.45, 7) is 0.825. The fraction of sp³-hybridized carbons (Fsp3) is 0.556. The molecule has 3 N–H and O–H groups in total. The highest BCUT2D eigenvalue weighted by molar-refractivity contribution is 5.82. The summed E-state index contributed by atoms with van der Waals surface area (Å²) in [6, 6.07) is 1.39. The van der Waals surface area contributed by atoms with Gasteiger partial charge >= 0.3 is 0 Å². The van der Waals surface area contributed by atoms with E-state index in [0.29, 0.717) is 25.2 Å². The number of amides is 1. The fourth-order valence-corrected chi connectivity index (χ4v) is 1.55. The number of aromatic nitrogens is 1. The van der Waals surface area contributed by atoms with Crippen molar-refractivity contribution in [1.29, 1.82) is 0 Å². The smallest absolute Gasteiger partial charge is 0.237 e. The van der Waals surface area contributed by atoms with Gasteiger partial charge < -0.3 is 20.3 Å². The molecule has 6 heteroatoms. The monoisotopic (exact) mass is 211 g/mol. The Hall–Kier alpha value is -1.40. The third-order valence-electron chi connectivity index (χ3n) is 2.36. The van der Waals surface area contributed by atoms with E-state index in [0.717, 1.165) is 0 Å². The maximum atomic E-state index is 11.5. The Morgan fingerprint density at radius 2 is 2.67 bits per heavy atom. The molecule has 1 aromatic heterocycles. The van der Waals surface area contributed by atoms with Crippen LogP contribution in [0.5, 0.6) is 0 Å². The Balaban J connectivity index is 1.78. The molecule has 82 valence electrons. The molecule has 6 nitrogen and oxygen atoms in total. The lowest BCUT2D eigenvalue weighted by Crippen LogP contribution is -2.40. The summed E-state index contributed by atoms with van der Waals surface area (Å²) in [7, 11) is 0. The molecule has 2 heterocycles. The van der Waals surface area contributed by atoms with Crippen molar-refractivity contribution in [3.8, 4) is 0 Å². The van der Waals surface area contributed by atoms with E-state index in [2.05, 4.69) is 20.3 Å². The van der Waals surface area contributed by atoms with Crippen molar-refractivity contribution in [3.63, 3.8) is 0 Å². The molecule has 1 amide bonds. The first kappa shape index (κ1) is 10.1. The minimum atomic E-state index is -0.423. The number of carbonyl (C=O) groups is 1. The Bertz CT molecular complexity index is 325. The zero-order chi connectivity index (χ0) is 10.7. The summed E-state index contributed by atoms with van der Waals surface area (Å²) in [5, 5.41) is 18.5. The van der Waals surface area contributed by atoms with Crippen molar-refractivity contribution in [3.05, 3.63) is 18.0 Å². The van der Waals surface area contributed by atoms with E-state index >= 15 is 0 Å². The molecule has 0 aliphatic carbocycles. The number of rotatable bonds is 3. The van der Waals surface area contributed by atoms with Crippen LogP contribution in [0.4, 0.5) is 0 Å². The molecule has 1 saturated heterocycles. The predicted molar refractivity (Wildman–Crippen MR) is 50.8 cm³/mol. The number of hydrogen-bond donors (Lipinski definition) is 3. The topological polar surface area (TPSA) is 87.4 Å². The largest absolute Gasteiger partial charge is 0.392 e. The molecular formula is C9H13N3O3. The van der Waals surface area contributed by atoms with Gasteiger partial charge in [-0.15, -0.1) is 0 Å². The summed E-state index contributed by atoms with van der Waals surface area (Å²) in [6.07, 6.45) is 1.50. The van der Waals surface area contributed by atoms with Crippen molar-refractivity contribution < 1.29 is 14.4 Å². The Kier molecular flexibility index (Phi) is 2.98. The highest BCUT2D eigenvalue weighted by Crippen LogP contribution is 2.06. The Morgan fingerprint density at radius 1 is 1.80 bits per heavy atom. The molecule has 1 aromatic rings. The van der Waals surface area contributed by atoms with Gasteiger partial charge in [0.1, 0.15) is 12.0 Å². The van der Waals surface area contributed by atoms with Crippen molar-refractivity contribution in [2.45, 2.75) is 25.1 Å². The zero-order valence-electron chi connectivity index (χ0n) is 8.14. The lowest BCUT2D eigenvalue weighted by atomic mass is 10.2. The van der Waals surface area contributed by atoms with Crippen molar-refractivity contribution in [1.82, 2.24) is 15.8 Å². The molecule has 0 radical (unpaired) electrons. The number of nitrogens with zero attached hydrogens (tertiary/aromatic N) is 1. The number of hydrogen-bond acceptors (Lipinski definition) is 5. The summed E-state index contributed by atoms with van der Waals surface area (Å²) < 4.78 is 4.63. The van der Waals surface area contributed by atoms with Crippen LogP contribution in [0.2, 0.25) is 0 Å². The van der Waals surface area contributed by atoms with E-state index < -0.39 is 6.10 Å². The molecule has 1 fully saturated rings. The molecule has 0 spiro atoms. The summed E-state index contributed by atoms with van der Waals surface area (Å²) in [5.41, 5.74) is 0.682. The second kappa shape index (κ2) is 4.41. The molecule has 1 aliphatic rings. The first-order valence-electron chi connectivity index (χ1n) is 4.84.